The minimum Gasteiger partial charge on any atom is -0.466 e. The number of hydrogen-bond donors (Lipinski definition) is 3. The van der Waals surface area contributed by atoms with E-state index in [0.717, 1.165) is 51.4 Å². The second-order valence-electron chi connectivity index (χ2n) is 27.0. The summed E-state index contributed by atoms with van der Waals surface area (Å²) in [6.07, 6.45) is 101. The second kappa shape index (κ2) is 76.3. The van der Waals surface area contributed by atoms with Gasteiger partial charge in [0.15, 0.2) is 0 Å². The Labute approximate surface area is 544 Å². The van der Waals surface area contributed by atoms with E-state index in [4.69, 9.17) is 4.74 Å². The van der Waals surface area contributed by atoms with Crippen molar-refractivity contribution in [1.29, 1.82) is 0 Å². The topological polar surface area (TPSA) is 95.9 Å². The summed E-state index contributed by atoms with van der Waals surface area (Å²) in [5.41, 5.74) is 0. The monoisotopic (exact) mass is 1220 g/mol. The van der Waals surface area contributed by atoms with E-state index in [-0.39, 0.29) is 18.5 Å². The minimum absolute atomic E-state index is 0.0136. The number of amides is 1. The fourth-order valence-corrected chi connectivity index (χ4v) is 12.3. The Hall–Kier alpha value is -2.18. The summed E-state index contributed by atoms with van der Waals surface area (Å²) in [5, 5.41) is 23.3. The van der Waals surface area contributed by atoms with Crippen LogP contribution in [0.2, 0.25) is 0 Å². The maximum Gasteiger partial charge on any atom is 0.305 e. The van der Waals surface area contributed by atoms with Crippen molar-refractivity contribution >= 4 is 11.9 Å². The highest BCUT2D eigenvalue weighted by molar-refractivity contribution is 5.76. The van der Waals surface area contributed by atoms with Crippen molar-refractivity contribution in [2.24, 2.45) is 0 Å². The van der Waals surface area contributed by atoms with Crippen LogP contribution < -0.4 is 5.32 Å². The van der Waals surface area contributed by atoms with Gasteiger partial charge in [-0.15, -0.1) is 0 Å². The lowest BCUT2D eigenvalue weighted by atomic mass is 10.0. The van der Waals surface area contributed by atoms with Gasteiger partial charge in [-0.05, 0) is 89.9 Å². The van der Waals surface area contributed by atoms with E-state index in [9.17, 15) is 19.8 Å². The molecule has 0 radical (unpaired) electrons. The Kier molecular flexibility index (Phi) is 74.4. The number of esters is 1. The average Bonchev–Trinajstić information content (AvgIpc) is 3.53. The van der Waals surface area contributed by atoms with Crippen molar-refractivity contribution in [1.82, 2.24) is 5.32 Å². The lowest BCUT2D eigenvalue weighted by Crippen LogP contribution is -2.45. The number of rotatable bonds is 74. The molecule has 0 bridgehead atoms. The summed E-state index contributed by atoms with van der Waals surface area (Å²) >= 11 is 0. The highest BCUT2D eigenvalue weighted by atomic mass is 16.5. The zero-order chi connectivity index (χ0) is 62.8. The van der Waals surface area contributed by atoms with Crippen LogP contribution in [0.3, 0.4) is 0 Å². The Morgan fingerprint density at radius 1 is 0.322 bits per heavy atom. The normalized spacial score (nSPS) is 12.7. The molecule has 87 heavy (non-hydrogen) atoms. The smallest absolute Gasteiger partial charge is 0.305 e. The molecule has 0 spiro atoms. The van der Waals surface area contributed by atoms with Gasteiger partial charge in [0.25, 0.3) is 0 Å². The highest BCUT2D eigenvalue weighted by Gasteiger charge is 2.18. The second-order valence-corrected chi connectivity index (χ2v) is 27.0. The number of ether oxygens (including phenoxy) is 1. The largest absolute Gasteiger partial charge is 0.466 e. The van der Waals surface area contributed by atoms with Gasteiger partial charge in [-0.1, -0.05) is 377 Å². The number of aliphatic hydroxyl groups is 2. The number of allylic oxidation sites excluding steroid dienone is 7. The zero-order valence-corrected chi connectivity index (χ0v) is 58.8. The van der Waals surface area contributed by atoms with E-state index in [1.165, 1.54) is 353 Å². The van der Waals surface area contributed by atoms with E-state index in [0.29, 0.717) is 19.4 Å². The molecule has 0 aliphatic heterocycles. The SMILES string of the molecule is CCCCC/C=C\C/C=C\CCCCCCCCCCCC(=O)OCCCCCCCCCCCCCC/C=C\CCCCCCCCCCCCCCCCC(=O)NC(CO)C(O)/C=C/CCCCCCCCCCCCCCCCCCCCC. The predicted octanol–water partition coefficient (Wildman–Crippen LogP) is 26.0. The van der Waals surface area contributed by atoms with Gasteiger partial charge in [-0.2, -0.15) is 0 Å². The molecular weight excluding hydrogens is 1070 g/mol. The van der Waals surface area contributed by atoms with E-state index >= 15 is 0 Å². The third-order valence-corrected chi connectivity index (χ3v) is 18.3. The molecule has 0 fully saturated rings. The summed E-state index contributed by atoms with van der Waals surface area (Å²) in [7, 11) is 0. The molecule has 0 saturated heterocycles. The van der Waals surface area contributed by atoms with Crippen molar-refractivity contribution in [3.63, 3.8) is 0 Å². The van der Waals surface area contributed by atoms with Gasteiger partial charge in [-0.25, -0.2) is 0 Å². The third-order valence-electron chi connectivity index (χ3n) is 18.3. The van der Waals surface area contributed by atoms with Crippen molar-refractivity contribution in [3.05, 3.63) is 48.6 Å². The van der Waals surface area contributed by atoms with Gasteiger partial charge in [0.05, 0.1) is 25.4 Å². The van der Waals surface area contributed by atoms with Crippen LogP contribution in [0.15, 0.2) is 48.6 Å². The summed E-state index contributed by atoms with van der Waals surface area (Å²) in [4.78, 5) is 24.7. The predicted molar refractivity (Wildman–Crippen MR) is 384 cm³/mol. The lowest BCUT2D eigenvalue weighted by Gasteiger charge is -2.20. The summed E-state index contributed by atoms with van der Waals surface area (Å²) in [6.45, 7) is 4.92. The molecule has 0 aliphatic rings. The van der Waals surface area contributed by atoms with E-state index in [1.54, 1.807) is 6.08 Å². The van der Waals surface area contributed by atoms with Crippen LogP contribution in [0.1, 0.15) is 431 Å². The van der Waals surface area contributed by atoms with Crippen LogP contribution in [0.25, 0.3) is 0 Å². The molecule has 512 valence electrons. The molecule has 2 unspecified atom stereocenters. The zero-order valence-electron chi connectivity index (χ0n) is 58.8. The maximum absolute atomic E-state index is 12.5. The van der Waals surface area contributed by atoms with Gasteiger partial charge in [0.2, 0.25) is 5.91 Å². The molecule has 3 N–H and O–H groups in total. The van der Waals surface area contributed by atoms with Crippen LogP contribution in [-0.2, 0) is 14.3 Å². The Bertz CT molecular complexity index is 1450. The van der Waals surface area contributed by atoms with Gasteiger partial charge >= 0.3 is 5.97 Å². The van der Waals surface area contributed by atoms with E-state index in [2.05, 4.69) is 55.6 Å². The number of nitrogens with one attached hydrogen (secondary N) is 1. The Morgan fingerprint density at radius 2 is 0.575 bits per heavy atom. The fourth-order valence-electron chi connectivity index (χ4n) is 12.3. The molecule has 2 atom stereocenters. The molecule has 0 aromatic heterocycles. The molecule has 1 amide bonds. The number of unbranched alkanes of at least 4 members (excludes halogenated alkanes) is 57. The molecule has 0 aromatic carbocycles. The van der Waals surface area contributed by atoms with Gasteiger partial charge < -0.3 is 20.3 Å². The van der Waals surface area contributed by atoms with Crippen LogP contribution in [0, 0.1) is 0 Å². The van der Waals surface area contributed by atoms with Crippen LogP contribution in [0.4, 0.5) is 0 Å². The van der Waals surface area contributed by atoms with Crippen molar-refractivity contribution in [3.8, 4) is 0 Å². The lowest BCUT2D eigenvalue weighted by molar-refractivity contribution is -0.143. The number of carbonyl (C=O) groups is 2. The Balaban J connectivity index is 3.38. The number of carbonyl (C=O) groups excluding carboxylic acids is 2. The summed E-state index contributed by atoms with van der Waals surface area (Å²) in [6, 6.07) is -0.628. The molecule has 0 rings (SSSR count). The molecule has 0 heterocycles. The van der Waals surface area contributed by atoms with E-state index < -0.39 is 12.1 Å². The first kappa shape index (κ1) is 84.8. The van der Waals surface area contributed by atoms with Gasteiger partial charge in [0.1, 0.15) is 0 Å². The standard InChI is InChI=1S/C81H153NO5/c1-3-5-7-9-11-13-15-17-19-21-23-34-38-41-45-49-53-57-61-65-69-73-79(84)78(77-83)82-80(85)74-70-66-62-58-54-50-46-42-39-35-32-30-28-26-24-25-27-29-31-33-36-40-44-48-52-56-60-64-68-72-76-87-81(86)75-71-67-63-59-55-51-47-43-37-22-20-18-16-14-12-10-8-6-4-2/h12,14,18,20,25,27,69,73,78-79,83-84H,3-11,13,15-17,19,21-24,26,28-68,70-72,74-77H2,1-2H3,(H,82,85)/b14-12-,20-18-,27-25-,73-69+. The van der Waals surface area contributed by atoms with Crippen molar-refractivity contribution in [2.75, 3.05) is 13.2 Å². The first-order valence-electron chi connectivity index (χ1n) is 39.4. The fraction of sp³-hybridized carbons (Fsp3) is 0.877. The van der Waals surface area contributed by atoms with Crippen LogP contribution in [0.5, 0.6) is 0 Å². The summed E-state index contributed by atoms with van der Waals surface area (Å²) < 4.78 is 5.51. The highest BCUT2D eigenvalue weighted by Crippen LogP contribution is 2.19. The molecular formula is C81H153NO5. The molecule has 0 aromatic rings. The number of aliphatic hydroxyl groups excluding tert-OH is 2. The maximum atomic E-state index is 12.5. The first-order chi connectivity index (χ1) is 43.0. The molecule has 0 aliphatic carbocycles. The third kappa shape index (κ3) is 72.8. The first-order valence-corrected chi connectivity index (χ1v) is 39.4. The van der Waals surface area contributed by atoms with Crippen LogP contribution >= 0.6 is 0 Å². The quantitative estimate of drug-likeness (QED) is 0.0320. The molecule has 0 saturated carbocycles. The van der Waals surface area contributed by atoms with E-state index in [1.807, 2.05) is 6.08 Å². The molecule has 6 heteroatoms. The Morgan fingerprint density at radius 3 is 0.908 bits per heavy atom. The number of hydrogen-bond acceptors (Lipinski definition) is 5. The summed E-state index contributed by atoms with van der Waals surface area (Å²) in [5.74, 6) is -0.0489. The van der Waals surface area contributed by atoms with Crippen LogP contribution in [-0.4, -0.2) is 47.4 Å². The van der Waals surface area contributed by atoms with Gasteiger partial charge in [-0.3, -0.25) is 9.59 Å². The van der Waals surface area contributed by atoms with Crippen molar-refractivity contribution < 1.29 is 24.5 Å². The molecule has 6 nitrogen and oxygen atoms in total. The average molecular weight is 1220 g/mol. The van der Waals surface area contributed by atoms with Crippen molar-refractivity contribution in [2.45, 2.75) is 443 Å². The van der Waals surface area contributed by atoms with Gasteiger partial charge in [0, 0.05) is 12.8 Å². The minimum atomic E-state index is -0.845.